The summed E-state index contributed by atoms with van der Waals surface area (Å²) in [6.07, 6.45) is 2.37. The van der Waals surface area contributed by atoms with Crippen molar-refractivity contribution in [2.45, 2.75) is 19.3 Å². The Hall–Kier alpha value is -1.36. The fraction of sp³-hybridized carbons (Fsp3) is 0.500. The third kappa shape index (κ3) is 3.25. The van der Waals surface area contributed by atoms with Crippen LogP contribution < -0.4 is 0 Å². The minimum Gasteiger partial charge on any atom is -0.481 e. The summed E-state index contributed by atoms with van der Waals surface area (Å²) in [5, 5.41) is 16.9. The first kappa shape index (κ1) is 9.73. The molecule has 0 fully saturated rings. The van der Waals surface area contributed by atoms with Crippen LogP contribution in [-0.2, 0) is 17.6 Å². The SMILES string of the molecule is O=C(O)Cc1cnc(CCCO)o1. The Morgan fingerprint density at radius 3 is 3.00 bits per heavy atom. The van der Waals surface area contributed by atoms with Crippen LogP contribution in [0.25, 0.3) is 0 Å². The summed E-state index contributed by atoms with van der Waals surface area (Å²) in [7, 11) is 0. The number of rotatable bonds is 5. The van der Waals surface area contributed by atoms with E-state index in [4.69, 9.17) is 14.6 Å². The molecule has 0 saturated heterocycles. The van der Waals surface area contributed by atoms with Crippen molar-refractivity contribution in [3.8, 4) is 0 Å². The van der Waals surface area contributed by atoms with E-state index >= 15 is 0 Å². The van der Waals surface area contributed by atoms with Gasteiger partial charge in [0.25, 0.3) is 0 Å². The first-order chi connectivity index (χ1) is 6.22. The summed E-state index contributed by atoms with van der Waals surface area (Å²) in [6.45, 7) is 0.0800. The van der Waals surface area contributed by atoms with Crippen molar-refractivity contribution in [3.05, 3.63) is 17.8 Å². The molecule has 1 heterocycles. The quantitative estimate of drug-likeness (QED) is 0.685. The van der Waals surface area contributed by atoms with Crippen molar-refractivity contribution < 1.29 is 19.4 Å². The van der Waals surface area contributed by atoms with E-state index in [0.29, 0.717) is 24.5 Å². The van der Waals surface area contributed by atoms with Crippen molar-refractivity contribution in [3.63, 3.8) is 0 Å². The minimum absolute atomic E-state index is 0.0800. The van der Waals surface area contributed by atoms with Gasteiger partial charge in [-0.1, -0.05) is 0 Å². The summed E-state index contributed by atoms with van der Waals surface area (Å²) >= 11 is 0. The van der Waals surface area contributed by atoms with Gasteiger partial charge in [0.05, 0.1) is 6.20 Å². The van der Waals surface area contributed by atoms with Gasteiger partial charge < -0.3 is 14.6 Å². The van der Waals surface area contributed by atoms with Crippen LogP contribution in [0.2, 0.25) is 0 Å². The van der Waals surface area contributed by atoms with Gasteiger partial charge in [0.15, 0.2) is 5.89 Å². The summed E-state index contributed by atoms with van der Waals surface area (Å²) in [5.74, 6) is -0.115. The van der Waals surface area contributed by atoms with Crippen LogP contribution in [0, 0.1) is 0 Å². The molecule has 0 radical (unpaired) electrons. The van der Waals surface area contributed by atoms with Crippen LogP contribution in [0.4, 0.5) is 0 Å². The molecule has 13 heavy (non-hydrogen) atoms. The van der Waals surface area contributed by atoms with Crippen LogP contribution in [-0.4, -0.2) is 27.8 Å². The van der Waals surface area contributed by atoms with Gasteiger partial charge >= 0.3 is 5.97 Å². The molecule has 72 valence electrons. The largest absolute Gasteiger partial charge is 0.481 e. The lowest BCUT2D eigenvalue weighted by molar-refractivity contribution is -0.136. The van der Waals surface area contributed by atoms with Gasteiger partial charge in [-0.15, -0.1) is 0 Å². The van der Waals surface area contributed by atoms with Crippen molar-refractivity contribution in [2.24, 2.45) is 0 Å². The average Bonchev–Trinajstić information content (AvgIpc) is 2.48. The second-order valence-electron chi connectivity index (χ2n) is 2.62. The number of carbonyl (C=O) groups is 1. The highest BCUT2D eigenvalue weighted by Crippen LogP contribution is 2.06. The molecular weight excluding hydrogens is 174 g/mol. The third-order valence-corrected chi connectivity index (χ3v) is 1.48. The van der Waals surface area contributed by atoms with E-state index in [1.807, 2.05) is 0 Å². The van der Waals surface area contributed by atoms with Crippen LogP contribution in [0.5, 0.6) is 0 Å². The number of hydrogen-bond donors (Lipinski definition) is 2. The van der Waals surface area contributed by atoms with Gasteiger partial charge in [-0.3, -0.25) is 4.79 Å². The molecule has 5 heteroatoms. The van der Waals surface area contributed by atoms with E-state index in [0.717, 1.165) is 0 Å². The smallest absolute Gasteiger partial charge is 0.311 e. The molecule has 2 N–H and O–H groups in total. The molecule has 0 aliphatic rings. The Morgan fingerprint density at radius 2 is 2.38 bits per heavy atom. The fourth-order valence-corrected chi connectivity index (χ4v) is 0.925. The molecule has 0 unspecified atom stereocenters. The molecule has 0 aromatic carbocycles. The monoisotopic (exact) mass is 185 g/mol. The van der Waals surface area contributed by atoms with Crippen molar-refractivity contribution in [1.82, 2.24) is 4.98 Å². The molecule has 0 saturated carbocycles. The van der Waals surface area contributed by atoms with Crippen molar-refractivity contribution in [1.29, 1.82) is 0 Å². The van der Waals surface area contributed by atoms with Gasteiger partial charge in [-0.2, -0.15) is 0 Å². The Morgan fingerprint density at radius 1 is 1.62 bits per heavy atom. The lowest BCUT2D eigenvalue weighted by Crippen LogP contribution is -1.98. The summed E-state index contributed by atoms with van der Waals surface area (Å²) in [4.78, 5) is 14.1. The molecule has 0 atom stereocenters. The van der Waals surface area contributed by atoms with Crippen LogP contribution in [0.1, 0.15) is 18.1 Å². The van der Waals surface area contributed by atoms with Crippen LogP contribution >= 0.6 is 0 Å². The molecule has 0 spiro atoms. The van der Waals surface area contributed by atoms with Gasteiger partial charge in [0, 0.05) is 13.0 Å². The number of hydrogen-bond acceptors (Lipinski definition) is 4. The van der Waals surface area contributed by atoms with Crippen LogP contribution in [0.15, 0.2) is 10.6 Å². The maximum absolute atomic E-state index is 10.3. The van der Waals surface area contributed by atoms with Gasteiger partial charge in [0.2, 0.25) is 0 Å². The predicted molar refractivity (Wildman–Crippen MR) is 43.2 cm³/mol. The van der Waals surface area contributed by atoms with Crippen LogP contribution in [0.3, 0.4) is 0 Å². The maximum atomic E-state index is 10.3. The topological polar surface area (TPSA) is 83.6 Å². The zero-order valence-electron chi connectivity index (χ0n) is 7.06. The Labute approximate surface area is 75.0 Å². The van der Waals surface area contributed by atoms with Gasteiger partial charge in [-0.05, 0) is 6.42 Å². The van der Waals surface area contributed by atoms with E-state index in [9.17, 15) is 4.79 Å². The highest BCUT2D eigenvalue weighted by molar-refractivity contribution is 5.69. The third-order valence-electron chi connectivity index (χ3n) is 1.48. The normalized spacial score (nSPS) is 10.2. The number of aliphatic hydroxyl groups is 1. The highest BCUT2D eigenvalue weighted by Gasteiger charge is 2.06. The molecular formula is C8H11NO4. The Balaban J connectivity index is 2.48. The van der Waals surface area contributed by atoms with E-state index in [1.54, 1.807) is 0 Å². The van der Waals surface area contributed by atoms with Gasteiger partial charge in [0.1, 0.15) is 12.2 Å². The highest BCUT2D eigenvalue weighted by atomic mass is 16.4. The summed E-state index contributed by atoms with van der Waals surface area (Å²) in [6, 6.07) is 0. The lowest BCUT2D eigenvalue weighted by Gasteiger charge is -1.91. The fourth-order valence-electron chi connectivity index (χ4n) is 0.925. The Kier molecular flexibility index (Phi) is 3.45. The molecule has 1 aromatic rings. The standard InChI is InChI=1S/C8H11NO4/c10-3-1-2-7-9-5-6(13-7)4-8(11)12/h5,10H,1-4H2,(H,11,12). The minimum atomic E-state index is -0.940. The molecule has 1 rings (SSSR count). The van der Waals surface area contributed by atoms with E-state index in [1.165, 1.54) is 6.20 Å². The molecule has 5 nitrogen and oxygen atoms in total. The van der Waals surface area contributed by atoms with E-state index in [2.05, 4.69) is 4.98 Å². The summed E-state index contributed by atoms with van der Waals surface area (Å²) in [5.41, 5.74) is 0. The number of aryl methyl sites for hydroxylation is 1. The summed E-state index contributed by atoms with van der Waals surface area (Å²) < 4.78 is 5.09. The second-order valence-corrected chi connectivity index (χ2v) is 2.62. The van der Waals surface area contributed by atoms with Crippen molar-refractivity contribution >= 4 is 5.97 Å². The number of carboxylic acids is 1. The molecule has 1 aromatic heterocycles. The molecule has 0 bridgehead atoms. The number of carboxylic acid groups (broad SMARTS) is 1. The predicted octanol–water partition coefficient (Wildman–Crippen LogP) is 0.227. The molecule has 0 aliphatic carbocycles. The molecule has 0 amide bonds. The van der Waals surface area contributed by atoms with E-state index in [-0.39, 0.29) is 13.0 Å². The number of nitrogens with zero attached hydrogens (tertiary/aromatic N) is 1. The zero-order chi connectivity index (χ0) is 9.68. The Bertz CT molecular complexity index is 281. The number of aliphatic carboxylic acids is 1. The van der Waals surface area contributed by atoms with Gasteiger partial charge in [-0.25, -0.2) is 4.98 Å². The maximum Gasteiger partial charge on any atom is 0.311 e. The van der Waals surface area contributed by atoms with Crippen molar-refractivity contribution in [2.75, 3.05) is 6.61 Å². The molecule has 0 aliphatic heterocycles. The first-order valence-electron chi connectivity index (χ1n) is 3.98. The number of aromatic nitrogens is 1. The second kappa shape index (κ2) is 4.61. The zero-order valence-corrected chi connectivity index (χ0v) is 7.06. The average molecular weight is 185 g/mol. The lowest BCUT2D eigenvalue weighted by atomic mass is 10.3. The number of aliphatic hydroxyl groups excluding tert-OH is 1. The van der Waals surface area contributed by atoms with E-state index < -0.39 is 5.97 Å². The first-order valence-corrected chi connectivity index (χ1v) is 3.98. The number of oxazole rings is 1.